The van der Waals surface area contributed by atoms with Gasteiger partial charge in [-0.05, 0) is 36.6 Å². The Morgan fingerprint density at radius 3 is 2.48 bits per heavy atom. The van der Waals surface area contributed by atoms with Crippen LogP contribution in [-0.4, -0.2) is 26.6 Å². The molecule has 2 rings (SSSR count). The molecule has 0 bridgehead atoms. The van der Waals surface area contributed by atoms with Crippen molar-refractivity contribution in [1.29, 1.82) is 5.26 Å². The fourth-order valence-corrected chi connectivity index (χ4v) is 3.75. The maximum absolute atomic E-state index is 12.1. The van der Waals surface area contributed by atoms with Crippen LogP contribution < -0.4 is 5.32 Å². The Bertz CT molecular complexity index is 882. The Kier molecular flexibility index (Phi) is 6.31. The summed E-state index contributed by atoms with van der Waals surface area (Å²) in [7, 11) is -3.55. The monoisotopic (exact) mass is 356 g/mol. The lowest BCUT2D eigenvalue weighted by molar-refractivity contribution is -0.118. The lowest BCUT2D eigenvalue weighted by atomic mass is 10.1. The van der Waals surface area contributed by atoms with E-state index in [1.54, 1.807) is 24.3 Å². The van der Waals surface area contributed by atoms with Crippen LogP contribution in [-0.2, 0) is 26.8 Å². The minimum Gasteiger partial charge on any atom is -0.355 e. The maximum Gasteiger partial charge on any atom is 0.235 e. The zero-order valence-corrected chi connectivity index (χ0v) is 14.8. The van der Waals surface area contributed by atoms with E-state index in [1.807, 2.05) is 37.3 Å². The summed E-state index contributed by atoms with van der Waals surface area (Å²) in [6, 6.07) is 16.2. The quantitative estimate of drug-likeness (QED) is 0.823. The Morgan fingerprint density at radius 2 is 1.84 bits per heavy atom. The van der Waals surface area contributed by atoms with E-state index in [0.29, 0.717) is 24.1 Å². The Labute approximate surface area is 148 Å². The number of nitrogens with one attached hydrogen (secondary N) is 1. The summed E-state index contributed by atoms with van der Waals surface area (Å²) < 4.78 is 24.2. The summed E-state index contributed by atoms with van der Waals surface area (Å²) in [5, 5.41) is 11.4. The molecule has 1 N–H and O–H groups in total. The summed E-state index contributed by atoms with van der Waals surface area (Å²) in [5.74, 6) is -1.26. The number of nitrogens with zero attached hydrogens (tertiary/aromatic N) is 1. The van der Waals surface area contributed by atoms with Crippen LogP contribution in [0.4, 0.5) is 0 Å². The van der Waals surface area contributed by atoms with Crippen LogP contribution in [0.25, 0.3) is 0 Å². The van der Waals surface area contributed by atoms with Gasteiger partial charge in [-0.3, -0.25) is 4.79 Å². The summed E-state index contributed by atoms with van der Waals surface area (Å²) in [5.41, 5.74) is 3.27. The molecule has 0 aliphatic heterocycles. The third-order valence-electron chi connectivity index (χ3n) is 3.64. The number of benzene rings is 2. The lowest BCUT2D eigenvalue weighted by Crippen LogP contribution is -2.32. The van der Waals surface area contributed by atoms with Crippen molar-refractivity contribution >= 4 is 15.7 Å². The van der Waals surface area contributed by atoms with Crippen LogP contribution in [0.3, 0.4) is 0 Å². The molecule has 2 aromatic rings. The van der Waals surface area contributed by atoms with Gasteiger partial charge in [-0.25, -0.2) is 8.42 Å². The maximum atomic E-state index is 12.1. The zero-order valence-electron chi connectivity index (χ0n) is 14.0. The third-order valence-corrected chi connectivity index (χ3v) is 5.11. The molecule has 0 saturated heterocycles. The molecule has 0 aromatic heterocycles. The molecule has 0 fully saturated rings. The molecule has 0 radical (unpaired) electrons. The van der Waals surface area contributed by atoms with E-state index in [4.69, 9.17) is 5.26 Å². The van der Waals surface area contributed by atoms with Crippen molar-refractivity contribution in [2.24, 2.45) is 0 Å². The van der Waals surface area contributed by atoms with Gasteiger partial charge in [0.15, 0.2) is 9.84 Å². The van der Waals surface area contributed by atoms with Gasteiger partial charge in [0.25, 0.3) is 0 Å². The predicted octanol–water partition coefficient (Wildman–Crippen LogP) is 2.14. The number of nitriles is 1. The van der Waals surface area contributed by atoms with E-state index in [1.165, 1.54) is 0 Å². The molecule has 6 heteroatoms. The molecule has 0 unspecified atom stereocenters. The highest BCUT2D eigenvalue weighted by molar-refractivity contribution is 7.91. The molecule has 0 spiro atoms. The predicted molar refractivity (Wildman–Crippen MR) is 96.5 cm³/mol. The van der Waals surface area contributed by atoms with E-state index >= 15 is 0 Å². The first-order chi connectivity index (χ1) is 11.9. The van der Waals surface area contributed by atoms with Crippen molar-refractivity contribution in [1.82, 2.24) is 5.32 Å². The van der Waals surface area contributed by atoms with Crippen molar-refractivity contribution in [2.75, 3.05) is 12.3 Å². The van der Waals surface area contributed by atoms with Crippen LogP contribution in [0.2, 0.25) is 0 Å². The van der Waals surface area contributed by atoms with Gasteiger partial charge in [-0.1, -0.05) is 42.0 Å². The molecule has 0 aliphatic carbocycles. The molecule has 0 atom stereocenters. The van der Waals surface area contributed by atoms with Gasteiger partial charge >= 0.3 is 0 Å². The molecule has 5 nitrogen and oxygen atoms in total. The highest BCUT2D eigenvalue weighted by Gasteiger charge is 2.17. The second kappa shape index (κ2) is 8.45. The minimum absolute atomic E-state index is 0.218. The lowest BCUT2D eigenvalue weighted by Gasteiger charge is -2.07. The zero-order chi connectivity index (χ0) is 18.3. The van der Waals surface area contributed by atoms with E-state index in [0.717, 1.165) is 11.1 Å². The molecule has 2 aromatic carbocycles. The fraction of sp³-hybridized carbons (Fsp3) is 0.263. The Balaban J connectivity index is 1.82. The molecule has 1 amide bonds. The average Bonchev–Trinajstić information content (AvgIpc) is 2.54. The van der Waals surface area contributed by atoms with Crippen LogP contribution in [0, 0.1) is 18.3 Å². The number of hydrogen-bond donors (Lipinski definition) is 1. The fourth-order valence-electron chi connectivity index (χ4n) is 2.45. The average molecular weight is 356 g/mol. The second-order valence-electron chi connectivity index (χ2n) is 5.93. The van der Waals surface area contributed by atoms with Gasteiger partial charge < -0.3 is 5.32 Å². The van der Waals surface area contributed by atoms with Gasteiger partial charge in [0, 0.05) is 6.54 Å². The molecular formula is C19H20N2O3S. The smallest absolute Gasteiger partial charge is 0.235 e. The van der Waals surface area contributed by atoms with Crippen molar-refractivity contribution in [2.45, 2.75) is 19.1 Å². The highest BCUT2D eigenvalue weighted by atomic mass is 32.2. The van der Waals surface area contributed by atoms with Crippen molar-refractivity contribution < 1.29 is 13.2 Å². The Morgan fingerprint density at radius 1 is 1.12 bits per heavy atom. The van der Waals surface area contributed by atoms with Crippen LogP contribution in [0.5, 0.6) is 0 Å². The SMILES string of the molecule is Cc1cccc(CCNC(=O)CS(=O)(=O)Cc2ccc(C#N)cc2)c1. The minimum atomic E-state index is -3.55. The topological polar surface area (TPSA) is 87.0 Å². The Hall–Kier alpha value is -2.65. The molecular weight excluding hydrogens is 336 g/mol. The normalized spacial score (nSPS) is 10.9. The molecule has 0 heterocycles. The van der Waals surface area contributed by atoms with Gasteiger partial charge in [-0.15, -0.1) is 0 Å². The highest BCUT2D eigenvalue weighted by Crippen LogP contribution is 2.09. The first-order valence-electron chi connectivity index (χ1n) is 7.90. The standard InChI is InChI=1S/C19H20N2O3S/c1-15-3-2-4-16(11-15)9-10-21-19(22)14-25(23,24)13-18-7-5-17(12-20)6-8-18/h2-8,11H,9-10,13-14H2,1H3,(H,21,22). The first kappa shape index (κ1) is 18.7. The third kappa shape index (κ3) is 6.40. The van der Waals surface area contributed by atoms with Crippen molar-refractivity contribution in [3.63, 3.8) is 0 Å². The van der Waals surface area contributed by atoms with Gasteiger partial charge in [0.2, 0.25) is 5.91 Å². The van der Waals surface area contributed by atoms with Gasteiger partial charge in [0.1, 0.15) is 5.75 Å². The summed E-state index contributed by atoms with van der Waals surface area (Å²) in [6.07, 6.45) is 0.656. The summed E-state index contributed by atoms with van der Waals surface area (Å²) >= 11 is 0. The molecule has 0 saturated carbocycles. The second-order valence-corrected chi connectivity index (χ2v) is 7.99. The number of carbonyl (C=O) groups excluding carboxylic acids is 1. The summed E-state index contributed by atoms with van der Waals surface area (Å²) in [4.78, 5) is 11.9. The summed E-state index contributed by atoms with van der Waals surface area (Å²) in [6.45, 7) is 2.40. The van der Waals surface area contributed by atoms with Crippen LogP contribution in [0.1, 0.15) is 22.3 Å². The van der Waals surface area contributed by atoms with E-state index in [-0.39, 0.29) is 5.75 Å². The van der Waals surface area contributed by atoms with E-state index in [9.17, 15) is 13.2 Å². The van der Waals surface area contributed by atoms with Gasteiger partial charge in [-0.2, -0.15) is 5.26 Å². The number of aryl methyl sites for hydroxylation is 1. The first-order valence-corrected chi connectivity index (χ1v) is 9.72. The number of hydrogen-bond acceptors (Lipinski definition) is 4. The van der Waals surface area contributed by atoms with Crippen LogP contribution >= 0.6 is 0 Å². The molecule has 0 aliphatic rings. The van der Waals surface area contributed by atoms with E-state index in [2.05, 4.69) is 5.32 Å². The van der Waals surface area contributed by atoms with Gasteiger partial charge in [0.05, 0.1) is 17.4 Å². The van der Waals surface area contributed by atoms with Crippen LogP contribution in [0.15, 0.2) is 48.5 Å². The number of amides is 1. The van der Waals surface area contributed by atoms with Crippen molar-refractivity contribution in [3.05, 3.63) is 70.8 Å². The largest absolute Gasteiger partial charge is 0.355 e. The number of sulfone groups is 1. The number of rotatable bonds is 7. The van der Waals surface area contributed by atoms with Crippen molar-refractivity contribution in [3.8, 4) is 6.07 Å². The number of carbonyl (C=O) groups is 1. The molecule has 25 heavy (non-hydrogen) atoms. The van der Waals surface area contributed by atoms with E-state index < -0.39 is 21.5 Å². The molecule has 130 valence electrons.